The van der Waals surface area contributed by atoms with Gasteiger partial charge in [0.2, 0.25) is 0 Å². The van der Waals surface area contributed by atoms with E-state index in [-0.39, 0.29) is 4.90 Å². The van der Waals surface area contributed by atoms with E-state index >= 15 is 0 Å². The van der Waals surface area contributed by atoms with Gasteiger partial charge in [0, 0.05) is 10.5 Å². The maximum atomic E-state index is 12.2. The summed E-state index contributed by atoms with van der Waals surface area (Å²) in [6, 6.07) is 9.39. The average molecular weight is 373 g/mol. The van der Waals surface area contributed by atoms with Crippen molar-refractivity contribution in [3.05, 3.63) is 57.1 Å². The van der Waals surface area contributed by atoms with E-state index in [2.05, 4.69) is 20.7 Å². The second-order valence-electron chi connectivity index (χ2n) is 3.99. The Bertz CT molecular complexity index is 807. The molecule has 0 aliphatic carbocycles. The van der Waals surface area contributed by atoms with E-state index in [1.165, 1.54) is 6.07 Å². The predicted molar refractivity (Wildman–Crippen MR) is 79.7 cm³/mol. The van der Waals surface area contributed by atoms with Crippen molar-refractivity contribution in [2.24, 2.45) is 0 Å². The van der Waals surface area contributed by atoms with Gasteiger partial charge in [-0.1, -0.05) is 12.1 Å². The molecule has 0 bridgehead atoms. The number of hydrogen-bond donors (Lipinski definition) is 2. The largest absolute Gasteiger partial charge is 0.502 e. The fourth-order valence-corrected chi connectivity index (χ4v) is 3.18. The molecule has 7 nitrogen and oxygen atoms in total. The predicted octanol–water partition coefficient (Wildman–Crippen LogP) is 2.86. The van der Waals surface area contributed by atoms with Crippen LogP contribution in [0.15, 0.2) is 51.8 Å². The lowest BCUT2D eigenvalue weighted by molar-refractivity contribution is -0.386. The van der Waals surface area contributed by atoms with Crippen LogP contribution in [-0.2, 0) is 10.0 Å². The second-order valence-corrected chi connectivity index (χ2v) is 6.53. The van der Waals surface area contributed by atoms with E-state index in [9.17, 15) is 23.6 Å². The van der Waals surface area contributed by atoms with E-state index in [4.69, 9.17) is 0 Å². The van der Waals surface area contributed by atoms with Crippen molar-refractivity contribution in [3.63, 3.8) is 0 Å². The molecule has 0 heterocycles. The quantitative estimate of drug-likeness (QED) is 0.633. The number of nitrogens with one attached hydrogen (secondary N) is 1. The number of nitro benzene ring substituents is 1. The van der Waals surface area contributed by atoms with Gasteiger partial charge < -0.3 is 5.11 Å². The molecule has 2 aromatic carbocycles. The highest BCUT2D eigenvalue weighted by Gasteiger charge is 2.21. The van der Waals surface area contributed by atoms with Crippen molar-refractivity contribution in [1.29, 1.82) is 0 Å². The number of nitrogens with zero attached hydrogens (tertiary/aromatic N) is 1. The van der Waals surface area contributed by atoms with Gasteiger partial charge in [0.15, 0.2) is 5.75 Å². The molecule has 0 saturated carbocycles. The number of aromatic hydroxyl groups is 1. The summed E-state index contributed by atoms with van der Waals surface area (Å²) in [4.78, 5) is 9.56. The molecule has 0 unspecified atom stereocenters. The maximum absolute atomic E-state index is 12.2. The van der Waals surface area contributed by atoms with E-state index in [0.717, 1.165) is 18.2 Å². The first-order chi connectivity index (χ1) is 9.81. The number of hydrogen-bond acceptors (Lipinski definition) is 5. The molecule has 0 atom stereocenters. The zero-order valence-corrected chi connectivity index (χ0v) is 12.8. The third kappa shape index (κ3) is 3.31. The van der Waals surface area contributed by atoms with E-state index in [0.29, 0.717) is 10.2 Å². The third-order valence-corrected chi connectivity index (χ3v) is 4.63. The molecule has 0 amide bonds. The van der Waals surface area contributed by atoms with Gasteiger partial charge in [0.1, 0.15) is 0 Å². The molecular weight excluding hydrogens is 364 g/mol. The number of halogens is 1. The highest BCUT2D eigenvalue weighted by molar-refractivity contribution is 9.10. The number of phenols is 1. The molecular formula is C12H9BrN2O5S. The topological polar surface area (TPSA) is 110 Å². The van der Waals surface area contributed by atoms with Gasteiger partial charge in [-0.2, -0.15) is 0 Å². The summed E-state index contributed by atoms with van der Waals surface area (Å²) in [5.74, 6) is -0.597. The smallest absolute Gasteiger partial charge is 0.312 e. The standard InChI is InChI=1S/C12H9BrN2O5S/c13-9-3-1-2-4-10(9)14-21(19,20)8-5-6-12(16)11(7-8)15(17)18/h1-7,14,16H. The first-order valence-corrected chi connectivity index (χ1v) is 7.83. The zero-order valence-electron chi connectivity index (χ0n) is 10.4. The van der Waals surface area contributed by atoms with E-state index < -0.39 is 26.4 Å². The number of sulfonamides is 1. The summed E-state index contributed by atoms with van der Waals surface area (Å²) in [6.45, 7) is 0. The monoisotopic (exact) mass is 372 g/mol. The van der Waals surface area contributed by atoms with Crippen LogP contribution in [0, 0.1) is 10.1 Å². The Hall–Kier alpha value is -2.13. The minimum Gasteiger partial charge on any atom is -0.502 e. The molecule has 110 valence electrons. The number of anilines is 1. The van der Waals surface area contributed by atoms with E-state index in [1.54, 1.807) is 18.2 Å². The molecule has 2 rings (SSSR count). The van der Waals surface area contributed by atoms with Crippen LogP contribution in [0.1, 0.15) is 0 Å². The Morgan fingerprint density at radius 1 is 1.19 bits per heavy atom. The first-order valence-electron chi connectivity index (χ1n) is 5.56. The molecule has 9 heteroatoms. The van der Waals surface area contributed by atoms with Crippen molar-refractivity contribution >= 4 is 37.3 Å². The van der Waals surface area contributed by atoms with Gasteiger partial charge in [0.25, 0.3) is 10.0 Å². The average Bonchev–Trinajstić information content (AvgIpc) is 2.41. The molecule has 21 heavy (non-hydrogen) atoms. The number of rotatable bonds is 4. The number of benzene rings is 2. The van der Waals surface area contributed by atoms with Crippen LogP contribution in [0.5, 0.6) is 5.75 Å². The number of para-hydroxylation sites is 1. The Labute approximate surface area is 128 Å². The Kier molecular flexibility index (Phi) is 4.14. The highest BCUT2D eigenvalue weighted by atomic mass is 79.9. The van der Waals surface area contributed by atoms with Crippen LogP contribution in [0.3, 0.4) is 0 Å². The van der Waals surface area contributed by atoms with Crippen molar-refractivity contribution in [3.8, 4) is 5.75 Å². The minimum atomic E-state index is -4.00. The highest BCUT2D eigenvalue weighted by Crippen LogP contribution is 2.30. The number of phenolic OH excluding ortho intramolecular Hbond substituents is 1. The fraction of sp³-hybridized carbons (Fsp3) is 0. The molecule has 0 spiro atoms. The van der Waals surface area contributed by atoms with Crippen LogP contribution in [0.2, 0.25) is 0 Å². The Morgan fingerprint density at radius 3 is 2.48 bits per heavy atom. The lowest BCUT2D eigenvalue weighted by Crippen LogP contribution is -2.13. The molecule has 2 N–H and O–H groups in total. The minimum absolute atomic E-state index is 0.299. The summed E-state index contributed by atoms with van der Waals surface area (Å²) in [5, 5.41) is 20.1. The van der Waals surface area contributed by atoms with Crippen LogP contribution >= 0.6 is 15.9 Å². The van der Waals surface area contributed by atoms with Crippen LogP contribution < -0.4 is 4.72 Å². The van der Waals surface area contributed by atoms with Crippen molar-refractivity contribution in [1.82, 2.24) is 0 Å². The summed E-state index contributed by atoms with van der Waals surface area (Å²) >= 11 is 3.20. The normalized spacial score (nSPS) is 11.1. The third-order valence-electron chi connectivity index (χ3n) is 2.57. The molecule has 0 aliphatic heterocycles. The molecule has 0 fully saturated rings. The first kappa shape index (κ1) is 15.3. The van der Waals surface area contributed by atoms with Gasteiger partial charge in [-0.25, -0.2) is 8.42 Å². The lowest BCUT2D eigenvalue weighted by Gasteiger charge is -2.09. The van der Waals surface area contributed by atoms with Gasteiger partial charge in [-0.05, 0) is 40.2 Å². The molecule has 0 radical (unpaired) electrons. The Balaban J connectivity index is 2.43. The van der Waals surface area contributed by atoms with Crippen molar-refractivity contribution in [2.45, 2.75) is 4.90 Å². The van der Waals surface area contributed by atoms with Crippen LogP contribution in [0.4, 0.5) is 11.4 Å². The van der Waals surface area contributed by atoms with Gasteiger partial charge in [0.05, 0.1) is 15.5 Å². The Morgan fingerprint density at radius 2 is 1.86 bits per heavy atom. The lowest BCUT2D eigenvalue weighted by atomic mass is 10.3. The summed E-state index contributed by atoms with van der Waals surface area (Å²) in [7, 11) is -4.00. The molecule has 0 aromatic heterocycles. The SMILES string of the molecule is O=[N+]([O-])c1cc(S(=O)(=O)Nc2ccccc2Br)ccc1O. The molecule has 2 aromatic rings. The molecule has 0 saturated heterocycles. The zero-order chi connectivity index (χ0) is 15.6. The van der Waals surface area contributed by atoms with Gasteiger partial charge >= 0.3 is 5.69 Å². The summed E-state index contributed by atoms with van der Waals surface area (Å²) < 4.78 is 27.2. The molecule has 0 aliphatic rings. The van der Waals surface area contributed by atoms with E-state index in [1.807, 2.05) is 0 Å². The second kappa shape index (κ2) is 5.70. The van der Waals surface area contributed by atoms with Gasteiger partial charge in [-0.15, -0.1) is 0 Å². The summed E-state index contributed by atoms with van der Waals surface area (Å²) in [6.07, 6.45) is 0. The van der Waals surface area contributed by atoms with Crippen LogP contribution in [0.25, 0.3) is 0 Å². The number of nitro groups is 1. The van der Waals surface area contributed by atoms with Crippen molar-refractivity contribution < 1.29 is 18.4 Å². The van der Waals surface area contributed by atoms with Crippen molar-refractivity contribution in [2.75, 3.05) is 4.72 Å². The van der Waals surface area contributed by atoms with Gasteiger partial charge in [-0.3, -0.25) is 14.8 Å². The summed E-state index contributed by atoms with van der Waals surface area (Å²) in [5.41, 5.74) is -0.377. The van der Waals surface area contributed by atoms with Crippen LogP contribution in [-0.4, -0.2) is 18.4 Å². The fourth-order valence-electron chi connectivity index (χ4n) is 1.56. The maximum Gasteiger partial charge on any atom is 0.312 e.